The Morgan fingerprint density at radius 2 is 0.640 bits per heavy atom. The summed E-state index contributed by atoms with van der Waals surface area (Å²) in [7, 11) is 0. The topological polar surface area (TPSA) is 27.7 Å². The Balaban J connectivity index is 4.80. The largest absolute Gasteiger partial charge is 0.381 e. The molecule has 0 saturated heterocycles. The summed E-state index contributed by atoms with van der Waals surface area (Å²) in [4.78, 5) is 0. The second kappa shape index (κ2) is 53.1. The van der Waals surface area contributed by atoms with Crippen LogP contribution < -0.4 is 0 Å². The van der Waals surface area contributed by atoms with E-state index in [0.29, 0.717) is 11.8 Å². The summed E-state index contributed by atoms with van der Waals surface area (Å²) in [6.07, 6.45) is 58.6. The van der Waals surface area contributed by atoms with Crippen LogP contribution in [0.2, 0.25) is 0 Å². The molecule has 0 radical (unpaired) electrons. The van der Waals surface area contributed by atoms with Crippen LogP contribution in [0.3, 0.4) is 0 Å². The number of ether oxygens (including phenoxy) is 3. The van der Waals surface area contributed by atoms with E-state index in [0.717, 1.165) is 90.5 Å². The summed E-state index contributed by atoms with van der Waals surface area (Å²) >= 11 is 0. The van der Waals surface area contributed by atoms with Crippen molar-refractivity contribution in [1.82, 2.24) is 0 Å². The van der Waals surface area contributed by atoms with Crippen molar-refractivity contribution in [3.63, 3.8) is 0 Å². The summed E-state index contributed by atoms with van der Waals surface area (Å²) < 4.78 is 44.3. The van der Waals surface area contributed by atoms with Gasteiger partial charge in [-0.1, -0.05) is 287 Å². The Kier molecular flexibility index (Phi) is 52.9. The molecule has 0 bridgehead atoms. The fourth-order valence-electron chi connectivity index (χ4n) is 11.9. The number of hydrogen-bond donors (Lipinski definition) is 0. The normalized spacial score (nSPS) is 14.2. The van der Waals surface area contributed by atoms with Crippen LogP contribution in [0, 0.1) is 34.0 Å². The molecule has 0 aliphatic heterocycles. The van der Waals surface area contributed by atoms with E-state index in [1.807, 2.05) is 0 Å². The van der Waals surface area contributed by atoms with Crippen molar-refractivity contribution >= 4 is 0 Å². The molecular formula is C70H140F2O3. The second-order valence-corrected chi connectivity index (χ2v) is 27.5. The van der Waals surface area contributed by atoms with Crippen LogP contribution >= 0.6 is 0 Å². The highest BCUT2D eigenvalue weighted by Crippen LogP contribution is 2.47. The third kappa shape index (κ3) is 52.9. The van der Waals surface area contributed by atoms with Gasteiger partial charge in [-0.2, -0.15) is 0 Å². The molecule has 0 aliphatic carbocycles. The lowest BCUT2D eigenvalue weighted by Gasteiger charge is -2.44. The van der Waals surface area contributed by atoms with Gasteiger partial charge in [0, 0.05) is 39.6 Å². The molecule has 0 saturated carbocycles. The molecule has 0 aliphatic rings. The van der Waals surface area contributed by atoms with E-state index in [1.165, 1.54) is 250 Å². The van der Waals surface area contributed by atoms with Gasteiger partial charge in [0.25, 0.3) is 0 Å². The van der Waals surface area contributed by atoms with Crippen molar-refractivity contribution in [2.24, 2.45) is 34.0 Å². The Hall–Kier alpha value is -0.260. The number of unbranched alkanes of at least 4 members (excludes halogenated alkanes) is 34. The lowest BCUT2D eigenvalue weighted by atomic mass is 9.62. The van der Waals surface area contributed by atoms with E-state index < -0.39 is 6.17 Å². The summed E-state index contributed by atoms with van der Waals surface area (Å²) in [6.45, 7) is 29.3. The van der Waals surface area contributed by atoms with E-state index in [4.69, 9.17) is 14.2 Å². The number of rotatable bonds is 61. The molecule has 0 heterocycles. The van der Waals surface area contributed by atoms with E-state index in [9.17, 15) is 8.78 Å². The minimum Gasteiger partial charge on any atom is -0.381 e. The standard InChI is InChI=1S/C70H140F2O3/c1-11-64(2)50-43-37-31-25-19-18-24-30-35-41-47-57-74-60-52-66(68(4,5)6)63-70(9,10)67(53-61-75-58-48-42-36-29-22-16-13-12-15-21-27-33-39-45-55-71)62-69(7,8)54-49-59-73-56-46-40-34-28-23-17-14-20-26-32-38-44-51-65(3)72/h64-67H,11-63H2,1-10H3. The summed E-state index contributed by atoms with van der Waals surface area (Å²) in [5, 5.41) is 0. The van der Waals surface area contributed by atoms with Crippen LogP contribution in [-0.4, -0.2) is 52.5 Å². The van der Waals surface area contributed by atoms with E-state index in [-0.39, 0.29) is 22.9 Å². The lowest BCUT2D eigenvalue weighted by molar-refractivity contribution is 0.0250. The Morgan fingerprint density at radius 3 is 0.987 bits per heavy atom. The zero-order valence-electron chi connectivity index (χ0n) is 53.3. The molecule has 0 aromatic carbocycles. The summed E-state index contributed by atoms with van der Waals surface area (Å²) in [5.41, 5.74) is 0.732. The van der Waals surface area contributed by atoms with Crippen LogP contribution in [0.5, 0.6) is 0 Å². The molecule has 0 rings (SSSR count). The molecule has 0 fully saturated rings. The molecule has 75 heavy (non-hydrogen) atoms. The monoisotopic (exact) mass is 1070 g/mol. The average Bonchev–Trinajstić information content (AvgIpc) is 3.36. The molecule has 0 aromatic rings. The van der Waals surface area contributed by atoms with Gasteiger partial charge in [0.2, 0.25) is 0 Å². The second-order valence-electron chi connectivity index (χ2n) is 27.5. The van der Waals surface area contributed by atoms with Crippen molar-refractivity contribution in [3.05, 3.63) is 0 Å². The van der Waals surface area contributed by atoms with Crippen molar-refractivity contribution in [2.75, 3.05) is 46.3 Å². The first-order chi connectivity index (χ1) is 36.1. The molecule has 0 N–H and O–H groups in total. The predicted octanol–water partition coefficient (Wildman–Crippen LogP) is 24.3. The summed E-state index contributed by atoms with van der Waals surface area (Å²) in [5.74, 6) is 2.15. The minimum absolute atomic E-state index is 0.146. The lowest BCUT2D eigenvalue weighted by Crippen LogP contribution is -2.35. The number of hydrogen-bond acceptors (Lipinski definition) is 3. The van der Waals surface area contributed by atoms with Gasteiger partial charge in [-0.05, 0) is 112 Å². The van der Waals surface area contributed by atoms with E-state index in [1.54, 1.807) is 6.92 Å². The maximum Gasteiger partial charge on any atom is 0.0973 e. The highest BCUT2D eigenvalue weighted by Gasteiger charge is 2.38. The molecule has 0 amide bonds. The van der Waals surface area contributed by atoms with Crippen molar-refractivity contribution in [1.29, 1.82) is 0 Å². The third-order valence-corrected chi connectivity index (χ3v) is 17.8. The van der Waals surface area contributed by atoms with Crippen LogP contribution in [0.25, 0.3) is 0 Å². The third-order valence-electron chi connectivity index (χ3n) is 17.8. The molecule has 0 aromatic heterocycles. The molecular weight excluding hydrogens is 927 g/mol. The molecule has 5 heteroatoms. The first-order valence-electron chi connectivity index (χ1n) is 34.1. The quantitative estimate of drug-likeness (QED) is 0.0568. The van der Waals surface area contributed by atoms with Crippen LogP contribution in [0.1, 0.15) is 365 Å². The first-order valence-corrected chi connectivity index (χ1v) is 34.1. The highest BCUT2D eigenvalue weighted by molar-refractivity contribution is 4.88. The van der Waals surface area contributed by atoms with Gasteiger partial charge in [-0.25, -0.2) is 4.39 Å². The van der Waals surface area contributed by atoms with Gasteiger partial charge >= 0.3 is 0 Å². The Bertz CT molecular complexity index is 1120. The van der Waals surface area contributed by atoms with Gasteiger partial charge in [-0.15, -0.1) is 0 Å². The average molecular weight is 1070 g/mol. The molecule has 0 spiro atoms. The molecule has 3 nitrogen and oxygen atoms in total. The first kappa shape index (κ1) is 74.7. The van der Waals surface area contributed by atoms with Gasteiger partial charge in [0.05, 0.1) is 12.8 Å². The van der Waals surface area contributed by atoms with Crippen LogP contribution in [0.4, 0.5) is 8.78 Å². The van der Waals surface area contributed by atoms with E-state index in [2.05, 4.69) is 62.3 Å². The Labute approximate surface area is 472 Å². The predicted molar refractivity (Wildman–Crippen MR) is 330 cm³/mol. The number of halogens is 2. The van der Waals surface area contributed by atoms with Crippen LogP contribution in [-0.2, 0) is 14.2 Å². The molecule has 452 valence electrons. The zero-order chi connectivity index (χ0) is 55.4. The highest BCUT2D eigenvalue weighted by atomic mass is 19.1. The maximum atomic E-state index is 12.9. The van der Waals surface area contributed by atoms with Crippen molar-refractivity contribution in [3.8, 4) is 0 Å². The van der Waals surface area contributed by atoms with Gasteiger partial charge < -0.3 is 14.2 Å². The smallest absolute Gasteiger partial charge is 0.0973 e. The van der Waals surface area contributed by atoms with Crippen LogP contribution in [0.15, 0.2) is 0 Å². The maximum absolute atomic E-state index is 12.9. The van der Waals surface area contributed by atoms with Gasteiger partial charge in [-0.3, -0.25) is 4.39 Å². The fourth-order valence-corrected chi connectivity index (χ4v) is 11.9. The zero-order valence-corrected chi connectivity index (χ0v) is 53.3. The number of alkyl halides is 2. The SMILES string of the molecule is CCC(C)CCCCCCCCCCCCCOCCC(CC(C)(C)C(CCOCCCCCCCCCCCCCCCCF)CC(C)(C)CCCOCCCCCCCCCCCCCCC(C)F)C(C)(C)C. The fraction of sp³-hybridized carbons (Fsp3) is 1.00. The molecule has 4 unspecified atom stereocenters. The van der Waals surface area contributed by atoms with Gasteiger partial charge in [0.1, 0.15) is 0 Å². The van der Waals surface area contributed by atoms with Gasteiger partial charge in [0.15, 0.2) is 0 Å². The summed E-state index contributed by atoms with van der Waals surface area (Å²) in [6, 6.07) is 0. The van der Waals surface area contributed by atoms with Crippen molar-refractivity contribution in [2.45, 2.75) is 371 Å². The van der Waals surface area contributed by atoms with Crippen molar-refractivity contribution < 1.29 is 23.0 Å². The molecule has 4 atom stereocenters. The minimum atomic E-state index is -0.631. The van der Waals surface area contributed by atoms with E-state index >= 15 is 0 Å². The Morgan fingerprint density at radius 1 is 0.333 bits per heavy atom.